The van der Waals surface area contributed by atoms with E-state index >= 15 is 0 Å². The first-order valence-electron chi connectivity index (χ1n) is 6.53. The molecule has 0 spiro atoms. The molecule has 0 saturated heterocycles. The monoisotopic (exact) mass is 238 g/mol. The minimum absolute atomic E-state index is 0.220. The Bertz CT molecular complexity index is 322. The number of nitrogens with zero attached hydrogens (tertiary/aromatic N) is 3. The van der Waals surface area contributed by atoms with Crippen molar-refractivity contribution >= 4 is 0 Å². The van der Waals surface area contributed by atoms with Crippen LogP contribution in [0.5, 0.6) is 0 Å². The molecule has 4 heteroatoms. The van der Waals surface area contributed by atoms with E-state index in [1.807, 2.05) is 4.68 Å². The first-order chi connectivity index (χ1) is 7.88. The Labute approximate surface area is 105 Å². The van der Waals surface area contributed by atoms with Crippen LogP contribution >= 0.6 is 0 Å². The van der Waals surface area contributed by atoms with Gasteiger partial charge in [0.15, 0.2) is 0 Å². The molecule has 0 fully saturated rings. The van der Waals surface area contributed by atoms with E-state index in [1.165, 1.54) is 6.42 Å². The highest BCUT2D eigenvalue weighted by molar-refractivity contribution is 4.97. The summed E-state index contributed by atoms with van der Waals surface area (Å²) < 4.78 is 1.95. The summed E-state index contributed by atoms with van der Waals surface area (Å²) in [5.41, 5.74) is 1.30. The van der Waals surface area contributed by atoms with E-state index in [9.17, 15) is 0 Å². The Morgan fingerprint density at radius 2 is 2.00 bits per heavy atom. The molecule has 0 aromatic carbocycles. The summed E-state index contributed by atoms with van der Waals surface area (Å²) in [5, 5.41) is 11.8. The van der Waals surface area contributed by atoms with Crippen LogP contribution in [0.25, 0.3) is 0 Å². The van der Waals surface area contributed by atoms with Crippen LogP contribution in [-0.4, -0.2) is 27.1 Å². The van der Waals surface area contributed by atoms with E-state index in [1.54, 1.807) is 0 Å². The van der Waals surface area contributed by atoms with Gasteiger partial charge in [-0.2, -0.15) is 0 Å². The predicted octanol–water partition coefficient (Wildman–Crippen LogP) is 2.57. The van der Waals surface area contributed by atoms with Gasteiger partial charge in [-0.25, -0.2) is 0 Å². The van der Waals surface area contributed by atoms with Crippen LogP contribution < -0.4 is 5.32 Å². The molecule has 98 valence electrons. The van der Waals surface area contributed by atoms with Crippen molar-refractivity contribution in [1.29, 1.82) is 0 Å². The lowest BCUT2D eigenvalue weighted by Gasteiger charge is -2.20. The molecule has 0 radical (unpaired) electrons. The van der Waals surface area contributed by atoms with Gasteiger partial charge in [-0.15, -0.1) is 5.10 Å². The predicted molar refractivity (Wildman–Crippen MR) is 71.1 cm³/mol. The van der Waals surface area contributed by atoms with Crippen LogP contribution in [0.3, 0.4) is 0 Å². The summed E-state index contributed by atoms with van der Waals surface area (Å²) >= 11 is 0. The van der Waals surface area contributed by atoms with Gasteiger partial charge in [0, 0.05) is 18.3 Å². The molecule has 0 bridgehead atoms. The Balaban J connectivity index is 2.18. The number of hydrogen-bond acceptors (Lipinski definition) is 3. The zero-order chi connectivity index (χ0) is 12.9. The third-order valence-electron chi connectivity index (χ3n) is 2.62. The quantitative estimate of drug-likeness (QED) is 0.775. The van der Waals surface area contributed by atoms with Gasteiger partial charge < -0.3 is 5.32 Å². The lowest BCUT2D eigenvalue weighted by atomic mass is 10.1. The maximum Gasteiger partial charge on any atom is 0.0852 e. The Morgan fingerprint density at radius 1 is 1.29 bits per heavy atom. The van der Waals surface area contributed by atoms with Crippen molar-refractivity contribution in [3.8, 4) is 0 Å². The van der Waals surface area contributed by atoms with Gasteiger partial charge >= 0.3 is 0 Å². The zero-order valence-corrected chi connectivity index (χ0v) is 11.8. The van der Waals surface area contributed by atoms with Gasteiger partial charge in [-0.05, 0) is 46.1 Å². The van der Waals surface area contributed by atoms with E-state index in [-0.39, 0.29) is 5.54 Å². The Hall–Kier alpha value is -0.900. The van der Waals surface area contributed by atoms with Crippen molar-refractivity contribution < 1.29 is 0 Å². The highest BCUT2D eigenvalue weighted by Crippen LogP contribution is 2.09. The second-order valence-corrected chi connectivity index (χ2v) is 5.95. The molecule has 0 aliphatic carbocycles. The number of nitrogens with one attached hydrogen (secondary N) is 1. The summed E-state index contributed by atoms with van der Waals surface area (Å²) in [4.78, 5) is 0. The zero-order valence-electron chi connectivity index (χ0n) is 11.8. The molecule has 0 saturated carbocycles. The summed E-state index contributed by atoms with van der Waals surface area (Å²) in [7, 11) is 0. The van der Waals surface area contributed by atoms with Crippen molar-refractivity contribution in [3.63, 3.8) is 0 Å². The van der Waals surface area contributed by atoms with Gasteiger partial charge in [0.1, 0.15) is 0 Å². The highest BCUT2D eigenvalue weighted by atomic mass is 15.4. The molecule has 1 N–H and O–H groups in total. The van der Waals surface area contributed by atoms with Crippen molar-refractivity contribution in [2.75, 3.05) is 6.54 Å². The topological polar surface area (TPSA) is 42.7 Å². The maximum atomic E-state index is 4.15. The molecule has 1 aromatic rings. The molecule has 0 amide bonds. The number of rotatable bonds is 6. The van der Waals surface area contributed by atoms with Gasteiger partial charge in [0.2, 0.25) is 0 Å². The fraction of sp³-hybridized carbons (Fsp3) is 0.846. The third-order valence-corrected chi connectivity index (χ3v) is 2.62. The molecular weight excluding hydrogens is 212 g/mol. The average Bonchev–Trinajstić information content (AvgIpc) is 2.64. The van der Waals surface area contributed by atoms with Gasteiger partial charge in [0.05, 0.1) is 5.69 Å². The van der Waals surface area contributed by atoms with E-state index in [0.717, 1.165) is 25.2 Å². The number of hydrogen-bond donors (Lipinski definition) is 1. The minimum Gasteiger partial charge on any atom is -0.312 e. The smallest absolute Gasteiger partial charge is 0.0852 e. The molecule has 0 unspecified atom stereocenters. The van der Waals surface area contributed by atoms with E-state index in [2.05, 4.69) is 56.4 Å². The maximum absolute atomic E-state index is 4.15. The molecule has 17 heavy (non-hydrogen) atoms. The summed E-state index contributed by atoms with van der Waals surface area (Å²) in [6.45, 7) is 12.9. The second kappa shape index (κ2) is 6.15. The van der Waals surface area contributed by atoms with E-state index < -0.39 is 0 Å². The van der Waals surface area contributed by atoms with Gasteiger partial charge in [0.25, 0.3) is 0 Å². The Kier molecular flexibility index (Phi) is 5.12. The SMILES string of the molecule is CC(C)c1cn(CCCCNC(C)(C)C)nn1. The first-order valence-corrected chi connectivity index (χ1v) is 6.53. The lowest BCUT2D eigenvalue weighted by molar-refractivity contribution is 0.411. The largest absolute Gasteiger partial charge is 0.312 e. The molecule has 0 atom stereocenters. The van der Waals surface area contributed by atoms with Crippen LogP contribution in [0, 0.1) is 0 Å². The normalized spacial score (nSPS) is 12.4. The van der Waals surface area contributed by atoms with Gasteiger partial charge in [-0.1, -0.05) is 19.1 Å². The average molecular weight is 238 g/mol. The van der Waals surface area contributed by atoms with Crippen molar-refractivity contribution in [1.82, 2.24) is 20.3 Å². The number of aryl methyl sites for hydroxylation is 1. The fourth-order valence-electron chi connectivity index (χ4n) is 1.55. The van der Waals surface area contributed by atoms with Gasteiger partial charge in [-0.3, -0.25) is 4.68 Å². The summed E-state index contributed by atoms with van der Waals surface area (Å²) in [5.74, 6) is 0.464. The summed E-state index contributed by atoms with van der Waals surface area (Å²) in [6.07, 6.45) is 4.37. The highest BCUT2D eigenvalue weighted by Gasteiger charge is 2.07. The van der Waals surface area contributed by atoms with Crippen LogP contribution in [0.4, 0.5) is 0 Å². The van der Waals surface area contributed by atoms with Crippen LogP contribution in [0.1, 0.15) is 59.1 Å². The van der Waals surface area contributed by atoms with Crippen molar-refractivity contribution in [3.05, 3.63) is 11.9 Å². The standard InChI is InChI=1S/C13H26N4/c1-11(2)12-10-17(16-15-12)9-7-6-8-14-13(3,4)5/h10-11,14H,6-9H2,1-5H3. The molecule has 1 heterocycles. The van der Waals surface area contributed by atoms with E-state index in [4.69, 9.17) is 0 Å². The van der Waals surface area contributed by atoms with E-state index in [0.29, 0.717) is 5.92 Å². The molecule has 1 rings (SSSR count). The minimum atomic E-state index is 0.220. The molecule has 0 aliphatic heterocycles. The number of unbranched alkanes of at least 4 members (excludes halogenated alkanes) is 1. The number of aromatic nitrogens is 3. The third kappa shape index (κ3) is 5.82. The molecule has 4 nitrogen and oxygen atoms in total. The van der Waals surface area contributed by atoms with Crippen molar-refractivity contribution in [2.24, 2.45) is 0 Å². The molecule has 0 aliphatic rings. The second-order valence-electron chi connectivity index (χ2n) is 5.95. The van der Waals surface area contributed by atoms with Crippen LogP contribution in [-0.2, 0) is 6.54 Å². The lowest BCUT2D eigenvalue weighted by Crippen LogP contribution is -2.36. The van der Waals surface area contributed by atoms with Crippen LogP contribution in [0.2, 0.25) is 0 Å². The first kappa shape index (κ1) is 14.2. The summed E-state index contributed by atoms with van der Waals surface area (Å²) in [6, 6.07) is 0. The molecule has 1 aromatic heterocycles. The van der Waals surface area contributed by atoms with Crippen molar-refractivity contribution in [2.45, 2.75) is 65.5 Å². The molecular formula is C13H26N4. The Morgan fingerprint density at radius 3 is 2.53 bits per heavy atom. The van der Waals surface area contributed by atoms with Crippen LogP contribution in [0.15, 0.2) is 6.20 Å². The fourth-order valence-corrected chi connectivity index (χ4v) is 1.55.